The number of carbonyl (C=O) groups is 2. The lowest BCUT2D eigenvalue weighted by Crippen LogP contribution is -2.31. The molecule has 34 heavy (non-hydrogen) atoms. The molecule has 2 aliphatic carbocycles. The SMILES string of the molecule is CCCC(C)c1cccc(OC(=O)[C@H]2CC[C@H](C3CCC(C(=O)O)CC3)CC2)c1C(C)CCC. The van der Waals surface area contributed by atoms with Crippen LogP contribution in [-0.4, -0.2) is 17.0 Å². The molecule has 0 aliphatic heterocycles. The zero-order chi connectivity index (χ0) is 24.7. The van der Waals surface area contributed by atoms with Crippen molar-refractivity contribution >= 4 is 11.9 Å². The van der Waals surface area contributed by atoms with Gasteiger partial charge in [-0.1, -0.05) is 52.7 Å². The largest absolute Gasteiger partial charge is 0.481 e. The zero-order valence-electron chi connectivity index (χ0n) is 21.9. The van der Waals surface area contributed by atoms with Crippen LogP contribution in [0.2, 0.25) is 0 Å². The van der Waals surface area contributed by atoms with Gasteiger partial charge in [-0.05, 0) is 99.5 Å². The second kappa shape index (κ2) is 12.7. The maximum Gasteiger partial charge on any atom is 0.314 e. The van der Waals surface area contributed by atoms with E-state index in [1.807, 2.05) is 6.07 Å². The van der Waals surface area contributed by atoms with Gasteiger partial charge in [0.05, 0.1) is 11.8 Å². The van der Waals surface area contributed by atoms with Gasteiger partial charge >= 0.3 is 11.9 Å². The highest BCUT2D eigenvalue weighted by Gasteiger charge is 2.35. The van der Waals surface area contributed by atoms with E-state index in [9.17, 15) is 14.7 Å². The van der Waals surface area contributed by atoms with Gasteiger partial charge in [0.1, 0.15) is 5.75 Å². The molecule has 0 aromatic heterocycles. The van der Waals surface area contributed by atoms with E-state index in [0.717, 1.165) is 82.8 Å². The van der Waals surface area contributed by atoms with Crippen molar-refractivity contribution in [2.75, 3.05) is 0 Å². The summed E-state index contributed by atoms with van der Waals surface area (Å²) in [5, 5.41) is 9.26. The summed E-state index contributed by atoms with van der Waals surface area (Å²) in [6, 6.07) is 6.27. The van der Waals surface area contributed by atoms with E-state index < -0.39 is 5.97 Å². The maximum absolute atomic E-state index is 13.2. The van der Waals surface area contributed by atoms with Crippen LogP contribution in [0.5, 0.6) is 5.75 Å². The van der Waals surface area contributed by atoms with Gasteiger partial charge in [0.25, 0.3) is 0 Å². The van der Waals surface area contributed by atoms with E-state index in [1.165, 1.54) is 11.1 Å². The second-order valence-corrected chi connectivity index (χ2v) is 11.1. The van der Waals surface area contributed by atoms with Crippen molar-refractivity contribution in [2.45, 2.75) is 117 Å². The van der Waals surface area contributed by atoms with Gasteiger partial charge in [-0.2, -0.15) is 0 Å². The van der Waals surface area contributed by atoms with Gasteiger partial charge in [-0.25, -0.2) is 0 Å². The molecule has 0 spiro atoms. The number of carboxylic acid groups (broad SMARTS) is 1. The van der Waals surface area contributed by atoms with E-state index in [2.05, 4.69) is 39.8 Å². The highest BCUT2D eigenvalue weighted by atomic mass is 16.5. The molecule has 2 unspecified atom stereocenters. The van der Waals surface area contributed by atoms with Crippen LogP contribution in [0.25, 0.3) is 0 Å². The fraction of sp³-hybridized carbons (Fsp3) is 0.733. The minimum atomic E-state index is -0.634. The summed E-state index contributed by atoms with van der Waals surface area (Å²) in [4.78, 5) is 24.5. The Kier molecular flexibility index (Phi) is 10.0. The highest BCUT2D eigenvalue weighted by molar-refractivity contribution is 5.76. The Labute approximate surface area is 206 Å². The number of carbonyl (C=O) groups excluding carboxylic acids is 1. The summed E-state index contributed by atoms with van der Waals surface area (Å²) < 4.78 is 6.14. The van der Waals surface area contributed by atoms with Gasteiger partial charge in [0, 0.05) is 5.56 Å². The third kappa shape index (κ3) is 6.64. The number of benzene rings is 1. The van der Waals surface area contributed by atoms with Crippen molar-refractivity contribution in [3.8, 4) is 5.75 Å². The van der Waals surface area contributed by atoms with Gasteiger partial charge in [-0.15, -0.1) is 0 Å². The predicted octanol–water partition coefficient (Wildman–Crippen LogP) is 8.10. The normalized spacial score (nSPS) is 27.1. The summed E-state index contributed by atoms with van der Waals surface area (Å²) in [6.45, 7) is 9.00. The number of aliphatic carboxylic acids is 1. The fourth-order valence-corrected chi connectivity index (χ4v) is 6.63. The Morgan fingerprint density at radius 2 is 1.38 bits per heavy atom. The third-order valence-corrected chi connectivity index (χ3v) is 8.67. The number of rotatable bonds is 10. The number of hydrogen-bond donors (Lipinski definition) is 1. The molecule has 0 amide bonds. The number of esters is 1. The van der Waals surface area contributed by atoms with Crippen LogP contribution in [-0.2, 0) is 9.59 Å². The van der Waals surface area contributed by atoms with Gasteiger partial charge < -0.3 is 9.84 Å². The molecular weight excluding hydrogens is 424 g/mol. The Balaban J connectivity index is 1.62. The molecule has 1 N–H and O–H groups in total. The smallest absolute Gasteiger partial charge is 0.314 e. The molecule has 0 heterocycles. The van der Waals surface area contributed by atoms with Crippen LogP contribution in [0.1, 0.15) is 128 Å². The average molecular weight is 471 g/mol. The van der Waals surface area contributed by atoms with Crippen LogP contribution in [0.3, 0.4) is 0 Å². The van der Waals surface area contributed by atoms with Crippen LogP contribution < -0.4 is 4.74 Å². The number of ether oxygens (including phenoxy) is 1. The summed E-state index contributed by atoms with van der Waals surface area (Å²) >= 11 is 0. The van der Waals surface area contributed by atoms with Crippen LogP contribution in [0.4, 0.5) is 0 Å². The molecule has 2 fully saturated rings. The molecule has 0 radical (unpaired) electrons. The van der Waals surface area contributed by atoms with Crippen LogP contribution >= 0.6 is 0 Å². The van der Waals surface area contributed by atoms with Gasteiger partial charge in [0.15, 0.2) is 0 Å². The predicted molar refractivity (Wildman–Crippen MR) is 137 cm³/mol. The highest BCUT2D eigenvalue weighted by Crippen LogP contribution is 2.43. The van der Waals surface area contributed by atoms with Crippen molar-refractivity contribution < 1.29 is 19.4 Å². The van der Waals surface area contributed by atoms with Crippen molar-refractivity contribution in [1.82, 2.24) is 0 Å². The first-order valence-corrected chi connectivity index (χ1v) is 13.9. The van der Waals surface area contributed by atoms with Crippen LogP contribution in [0, 0.1) is 23.7 Å². The van der Waals surface area contributed by atoms with E-state index in [-0.39, 0.29) is 17.8 Å². The molecule has 0 saturated heterocycles. The van der Waals surface area contributed by atoms with Crippen molar-refractivity contribution in [3.05, 3.63) is 29.3 Å². The topological polar surface area (TPSA) is 63.6 Å². The molecule has 2 atom stereocenters. The summed E-state index contributed by atoms with van der Waals surface area (Å²) in [5.41, 5.74) is 2.58. The monoisotopic (exact) mass is 470 g/mol. The number of hydrogen-bond acceptors (Lipinski definition) is 3. The molecule has 1 aromatic carbocycles. The molecule has 4 nitrogen and oxygen atoms in total. The zero-order valence-corrected chi connectivity index (χ0v) is 21.9. The average Bonchev–Trinajstić information content (AvgIpc) is 2.84. The summed E-state index contributed by atoms with van der Waals surface area (Å²) in [7, 11) is 0. The van der Waals surface area contributed by atoms with Crippen molar-refractivity contribution in [1.29, 1.82) is 0 Å². The van der Waals surface area contributed by atoms with Gasteiger partial charge in [-0.3, -0.25) is 9.59 Å². The standard InChI is InChI=1S/C30H46O4/c1-5-8-20(3)26-10-7-11-27(28(26)21(4)9-6-2)34-30(33)25-18-14-23(15-19-25)22-12-16-24(17-13-22)29(31)32/h7,10-11,20-25H,5-6,8-9,12-19H2,1-4H3,(H,31,32)/t20?,21?,22?,23-,24?,25-. The molecular formula is C30H46O4. The van der Waals surface area contributed by atoms with E-state index >= 15 is 0 Å². The molecule has 190 valence electrons. The molecule has 4 heteroatoms. The quantitative estimate of drug-likeness (QED) is 0.277. The second-order valence-electron chi connectivity index (χ2n) is 11.1. The van der Waals surface area contributed by atoms with E-state index in [4.69, 9.17) is 4.74 Å². The summed E-state index contributed by atoms with van der Waals surface area (Å²) in [6.07, 6.45) is 12.1. The molecule has 3 rings (SSSR count). The molecule has 1 aromatic rings. The van der Waals surface area contributed by atoms with Crippen LogP contribution in [0.15, 0.2) is 18.2 Å². The molecule has 2 saturated carbocycles. The maximum atomic E-state index is 13.2. The minimum absolute atomic E-state index is 0.0161. The van der Waals surface area contributed by atoms with Gasteiger partial charge in [0.2, 0.25) is 0 Å². The molecule has 2 aliphatic rings. The Bertz CT molecular complexity index is 800. The fourth-order valence-electron chi connectivity index (χ4n) is 6.63. The molecule has 0 bridgehead atoms. The third-order valence-electron chi connectivity index (χ3n) is 8.67. The van der Waals surface area contributed by atoms with E-state index in [1.54, 1.807) is 0 Å². The lowest BCUT2D eigenvalue weighted by Gasteiger charge is -2.36. The Morgan fingerprint density at radius 3 is 1.91 bits per heavy atom. The summed E-state index contributed by atoms with van der Waals surface area (Å²) in [5.74, 6) is 2.03. The Hall–Kier alpha value is -1.84. The van der Waals surface area contributed by atoms with Crippen molar-refractivity contribution in [3.63, 3.8) is 0 Å². The lowest BCUT2D eigenvalue weighted by molar-refractivity contribution is -0.144. The van der Waals surface area contributed by atoms with Crippen molar-refractivity contribution in [2.24, 2.45) is 23.7 Å². The van der Waals surface area contributed by atoms with E-state index in [0.29, 0.717) is 23.7 Å². The lowest BCUT2D eigenvalue weighted by atomic mass is 9.69. The first-order chi connectivity index (χ1) is 16.3. The Morgan fingerprint density at radius 1 is 0.853 bits per heavy atom. The number of carboxylic acids is 1. The first-order valence-electron chi connectivity index (χ1n) is 13.9. The first kappa shape index (κ1) is 26.8. The minimum Gasteiger partial charge on any atom is -0.481 e.